The van der Waals surface area contributed by atoms with Gasteiger partial charge in [0.15, 0.2) is 0 Å². The number of pyridine rings is 2. The predicted octanol–water partition coefficient (Wildman–Crippen LogP) is 9.13. The Morgan fingerprint density at radius 2 is 1.59 bits per heavy atom. The van der Waals surface area contributed by atoms with Gasteiger partial charge in [-0.05, 0) is 45.1 Å². The van der Waals surface area contributed by atoms with E-state index in [2.05, 4.69) is 98.1 Å². The maximum atomic E-state index is 4.52. The molecule has 0 atom stereocenters. The molecule has 3 heterocycles. The molecule has 199 valence electrons. The van der Waals surface area contributed by atoms with Crippen molar-refractivity contribution in [2.75, 3.05) is 0 Å². The first-order valence-corrected chi connectivity index (χ1v) is 17.4. The van der Waals surface area contributed by atoms with Crippen molar-refractivity contribution in [1.82, 2.24) is 9.97 Å². The summed E-state index contributed by atoms with van der Waals surface area (Å²) in [7, 11) is -1.39. The summed E-state index contributed by atoms with van der Waals surface area (Å²) >= 11 is 1.86. The van der Waals surface area contributed by atoms with Crippen LogP contribution in [0.1, 0.15) is 25.3 Å². The normalized spacial score (nSPS) is 11.2. The van der Waals surface area contributed by atoms with E-state index in [1.807, 2.05) is 66.2 Å². The molecular weight excluding hydrogens is 689 g/mol. The van der Waals surface area contributed by atoms with Crippen molar-refractivity contribution in [3.63, 3.8) is 0 Å². The van der Waals surface area contributed by atoms with Crippen molar-refractivity contribution < 1.29 is 20.1 Å². The van der Waals surface area contributed by atoms with E-state index >= 15 is 0 Å². The van der Waals surface area contributed by atoms with E-state index in [0.717, 1.165) is 22.5 Å². The van der Waals surface area contributed by atoms with Crippen LogP contribution >= 0.6 is 11.3 Å². The van der Waals surface area contributed by atoms with Crippen molar-refractivity contribution in [2.24, 2.45) is 0 Å². The summed E-state index contributed by atoms with van der Waals surface area (Å²) in [5.41, 5.74) is 5.42. The van der Waals surface area contributed by atoms with Crippen LogP contribution in [-0.2, 0) is 20.1 Å². The fourth-order valence-electron chi connectivity index (χ4n) is 4.58. The summed E-state index contributed by atoms with van der Waals surface area (Å²) in [6, 6.07) is 35.7. The zero-order valence-corrected chi connectivity index (χ0v) is 27.2. The molecule has 0 aliphatic heterocycles. The van der Waals surface area contributed by atoms with Crippen LogP contribution in [0.5, 0.6) is 0 Å². The zero-order valence-electron chi connectivity index (χ0n) is 23.0. The summed E-state index contributed by atoms with van der Waals surface area (Å²) in [4.78, 5) is 8.96. The molecule has 0 aliphatic rings. The molecule has 0 N–H and O–H groups in total. The summed E-state index contributed by atoms with van der Waals surface area (Å²) < 4.78 is 2.67. The topological polar surface area (TPSA) is 25.8 Å². The van der Waals surface area contributed by atoms with Crippen LogP contribution in [0, 0.1) is 12.1 Å². The molecule has 6 rings (SSSR count). The quantitative estimate of drug-likeness (QED) is 0.134. The molecule has 0 bridgehead atoms. The van der Waals surface area contributed by atoms with Crippen molar-refractivity contribution in [1.29, 1.82) is 0 Å². The Hall–Kier alpha value is -2.95. The van der Waals surface area contributed by atoms with Gasteiger partial charge in [-0.1, -0.05) is 80.5 Å². The van der Waals surface area contributed by atoms with Gasteiger partial charge in [0.2, 0.25) is 0 Å². The maximum absolute atomic E-state index is 4.52. The average Bonchev–Trinajstić information content (AvgIpc) is 3.33. The van der Waals surface area contributed by atoms with Crippen LogP contribution in [-0.4, -0.2) is 18.0 Å². The summed E-state index contributed by atoms with van der Waals surface area (Å²) in [5.74, 6) is 0.534. The van der Waals surface area contributed by atoms with Crippen molar-refractivity contribution in [3.05, 3.63) is 115 Å². The van der Waals surface area contributed by atoms with E-state index in [9.17, 15) is 0 Å². The van der Waals surface area contributed by atoms with E-state index in [1.165, 1.54) is 25.7 Å². The van der Waals surface area contributed by atoms with E-state index < -0.39 is 8.07 Å². The minimum Gasteiger partial charge on any atom is -0.305 e. The standard InChI is InChI=1S/C20H18NSSi.C14H14N.Ir/c1-23(2,3)18-12-7-11-17-19(18)15-9-6-8-14(20(15)22-17)16-10-4-5-13-21-16;1-11(2)13-8-9-14(15-10-13)12-6-4-3-5-7-12;/h4-7,9-13H,1-3H3;3-6,8-11H,1-2H3;/q2*-1;. The number of benzene rings is 3. The molecule has 0 aliphatic carbocycles. The van der Waals surface area contributed by atoms with Crippen LogP contribution in [0.3, 0.4) is 0 Å². The molecule has 5 heteroatoms. The molecular formula is C34H32IrN2SSi-2. The number of nitrogens with zero attached hydrogens (tertiary/aromatic N) is 2. The van der Waals surface area contributed by atoms with Gasteiger partial charge in [-0.25, -0.2) is 0 Å². The third kappa shape index (κ3) is 6.45. The molecule has 1 radical (unpaired) electrons. The second-order valence-corrected chi connectivity index (χ2v) is 16.8. The number of aromatic nitrogens is 2. The van der Waals surface area contributed by atoms with Crippen LogP contribution in [0.25, 0.3) is 42.7 Å². The predicted molar refractivity (Wildman–Crippen MR) is 167 cm³/mol. The zero-order chi connectivity index (χ0) is 26.7. The molecule has 6 aromatic rings. The van der Waals surface area contributed by atoms with Crippen molar-refractivity contribution in [3.8, 4) is 22.5 Å². The molecule has 3 aromatic carbocycles. The number of hydrogen-bond acceptors (Lipinski definition) is 3. The fraction of sp³-hybridized carbons (Fsp3) is 0.176. The van der Waals surface area contributed by atoms with Crippen molar-refractivity contribution >= 4 is 44.8 Å². The summed E-state index contributed by atoms with van der Waals surface area (Å²) in [6.07, 6.45) is 3.80. The smallest absolute Gasteiger partial charge is 0.0783 e. The summed E-state index contributed by atoms with van der Waals surface area (Å²) in [5, 5.41) is 4.33. The van der Waals surface area contributed by atoms with Crippen LogP contribution in [0.4, 0.5) is 0 Å². The minimum absolute atomic E-state index is 0. The number of rotatable bonds is 4. The first kappa shape index (κ1) is 29.0. The first-order valence-electron chi connectivity index (χ1n) is 13.0. The van der Waals surface area contributed by atoms with E-state index in [4.69, 9.17) is 0 Å². The van der Waals surface area contributed by atoms with Crippen LogP contribution in [0.15, 0.2) is 97.3 Å². The Bertz CT molecular complexity index is 1660. The van der Waals surface area contributed by atoms with Gasteiger partial charge in [0.25, 0.3) is 0 Å². The fourth-order valence-corrected chi connectivity index (χ4v) is 7.52. The van der Waals surface area contributed by atoms with Gasteiger partial charge in [0.1, 0.15) is 0 Å². The molecule has 3 aromatic heterocycles. The molecule has 0 spiro atoms. The monoisotopic (exact) mass is 721 g/mol. The minimum atomic E-state index is -1.39. The van der Waals surface area contributed by atoms with Gasteiger partial charge in [-0.15, -0.1) is 59.7 Å². The Kier molecular flexibility index (Phi) is 9.29. The third-order valence-electron chi connectivity index (χ3n) is 6.62. The second-order valence-electron chi connectivity index (χ2n) is 10.7. The second kappa shape index (κ2) is 12.5. The Morgan fingerprint density at radius 3 is 2.23 bits per heavy atom. The van der Waals surface area contributed by atoms with Gasteiger partial charge < -0.3 is 9.97 Å². The molecule has 39 heavy (non-hydrogen) atoms. The van der Waals surface area contributed by atoms with Gasteiger partial charge >= 0.3 is 0 Å². The average molecular weight is 721 g/mol. The van der Waals surface area contributed by atoms with Crippen LogP contribution < -0.4 is 5.19 Å². The number of fused-ring (bicyclic) bond motifs is 3. The van der Waals surface area contributed by atoms with E-state index in [0.29, 0.717) is 5.92 Å². The molecule has 0 saturated carbocycles. The first-order chi connectivity index (χ1) is 18.3. The largest absolute Gasteiger partial charge is 0.305 e. The third-order valence-corrected chi connectivity index (χ3v) is 9.85. The summed E-state index contributed by atoms with van der Waals surface area (Å²) in [6.45, 7) is 11.6. The SMILES string of the molecule is CC(C)c1ccc(-c2[c-]cccc2)nc1.C[Si](C)(C)c1cccc2sc3c(-c4ccccn4)[c-]ccc3c12.[Ir]. The molecule has 0 unspecified atom stereocenters. The Balaban J connectivity index is 0.000000192. The molecule has 0 saturated heterocycles. The molecule has 0 fully saturated rings. The van der Waals surface area contributed by atoms with Crippen LogP contribution in [0.2, 0.25) is 19.6 Å². The van der Waals surface area contributed by atoms with Gasteiger partial charge in [-0.3, -0.25) is 0 Å². The maximum Gasteiger partial charge on any atom is 0.0783 e. The van der Waals surface area contributed by atoms with E-state index in [-0.39, 0.29) is 20.1 Å². The number of thiophene rings is 1. The van der Waals surface area contributed by atoms with Crippen molar-refractivity contribution in [2.45, 2.75) is 39.4 Å². The Morgan fingerprint density at radius 1 is 0.769 bits per heavy atom. The van der Waals surface area contributed by atoms with E-state index in [1.54, 1.807) is 5.19 Å². The van der Waals surface area contributed by atoms with Gasteiger partial charge in [-0.2, -0.15) is 11.3 Å². The Labute approximate surface area is 250 Å². The number of hydrogen-bond donors (Lipinski definition) is 0. The molecule has 2 nitrogen and oxygen atoms in total. The van der Waals surface area contributed by atoms with Gasteiger partial charge in [0, 0.05) is 37.2 Å². The molecule has 0 amide bonds. The van der Waals surface area contributed by atoms with Gasteiger partial charge in [0.05, 0.1) is 8.07 Å².